The molecule has 0 N–H and O–H groups in total. The molecule has 2 atom stereocenters. The summed E-state index contributed by atoms with van der Waals surface area (Å²) < 4.78 is 15.4. The van der Waals surface area contributed by atoms with Crippen LogP contribution in [0.4, 0.5) is 0 Å². The predicted molar refractivity (Wildman–Crippen MR) is 34.8 cm³/mol. The molecular weight excluding hydrogens is 148 g/mol. The van der Waals surface area contributed by atoms with E-state index in [0.29, 0.717) is 19.4 Å². The minimum Gasteiger partial charge on any atom is -0.430 e. The second-order valence-electron chi connectivity index (χ2n) is 2.80. The molecule has 2 fully saturated rings. The van der Waals surface area contributed by atoms with Gasteiger partial charge in [0.1, 0.15) is 6.10 Å². The van der Waals surface area contributed by atoms with Gasteiger partial charge in [-0.1, -0.05) is 0 Å². The van der Waals surface area contributed by atoms with E-state index in [1.165, 1.54) is 0 Å². The van der Waals surface area contributed by atoms with Gasteiger partial charge in [-0.3, -0.25) is 4.79 Å². The molecule has 2 unspecified atom stereocenters. The van der Waals surface area contributed by atoms with E-state index in [9.17, 15) is 4.79 Å². The summed E-state index contributed by atoms with van der Waals surface area (Å²) in [6.45, 7) is 0.617. The molecule has 4 heteroatoms. The van der Waals surface area contributed by atoms with E-state index in [4.69, 9.17) is 14.2 Å². The fraction of sp³-hybridized carbons (Fsp3) is 0.857. The van der Waals surface area contributed by atoms with Crippen molar-refractivity contribution in [2.45, 2.75) is 24.7 Å². The molecule has 2 heterocycles. The lowest BCUT2D eigenvalue weighted by Crippen LogP contribution is -2.36. The van der Waals surface area contributed by atoms with Crippen LogP contribution in [0.25, 0.3) is 0 Å². The average molecular weight is 158 g/mol. The van der Waals surface area contributed by atoms with Gasteiger partial charge in [0.2, 0.25) is 5.79 Å². The van der Waals surface area contributed by atoms with Crippen LogP contribution < -0.4 is 0 Å². The number of hydrogen-bond acceptors (Lipinski definition) is 4. The second kappa shape index (κ2) is 2.19. The largest absolute Gasteiger partial charge is 0.430 e. The van der Waals surface area contributed by atoms with Crippen LogP contribution in [-0.2, 0) is 19.0 Å². The lowest BCUT2D eigenvalue weighted by Gasteiger charge is -2.23. The van der Waals surface area contributed by atoms with E-state index >= 15 is 0 Å². The summed E-state index contributed by atoms with van der Waals surface area (Å²) in [5.41, 5.74) is 0. The first-order chi connectivity index (χ1) is 5.27. The van der Waals surface area contributed by atoms with Crippen molar-refractivity contribution in [3.05, 3.63) is 0 Å². The summed E-state index contributed by atoms with van der Waals surface area (Å²) in [6, 6.07) is 0. The van der Waals surface area contributed by atoms with Crippen LogP contribution in [0.3, 0.4) is 0 Å². The molecule has 2 saturated heterocycles. The number of ether oxygens (including phenoxy) is 3. The van der Waals surface area contributed by atoms with E-state index in [2.05, 4.69) is 0 Å². The molecule has 2 aliphatic heterocycles. The standard InChI is InChI=1S/C7H10O4/c1-9-7-2-3-10-5(7)4-6(8)11-7/h5H,2-4H2,1H3. The van der Waals surface area contributed by atoms with Crippen molar-refractivity contribution in [2.75, 3.05) is 13.7 Å². The molecule has 0 aromatic heterocycles. The molecule has 0 aliphatic carbocycles. The van der Waals surface area contributed by atoms with Crippen LogP contribution in [-0.4, -0.2) is 31.6 Å². The van der Waals surface area contributed by atoms with E-state index in [0.717, 1.165) is 0 Å². The highest BCUT2D eigenvalue weighted by atomic mass is 16.7. The smallest absolute Gasteiger partial charge is 0.311 e. The molecular formula is C7H10O4. The van der Waals surface area contributed by atoms with Crippen molar-refractivity contribution in [3.8, 4) is 0 Å². The third-order valence-corrected chi connectivity index (χ3v) is 2.24. The maximum atomic E-state index is 10.8. The number of rotatable bonds is 1. The third kappa shape index (κ3) is 0.862. The van der Waals surface area contributed by atoms with Gasteiger partial charge >= 0.3 is 5.97 Å². The molecule has 0 bridgehead atoms. The van der Waals surface area contributed by atoms with Gasteiger partial charge in [-0.2, -0.15) is 0 Å². The Bertz CT molecular complexity index is 191. The van der Waals surface area contributed by atoms with Crippen LogP contribution in [0.2, 0.25) is 0 Å². The number of hydrogen-bond donors (Lipinski definition) is 0. The van der Waals surface area contributed by atoms with Crippen LogP contribution >= 0.6 is 0 Å². The lowest BCUT2D eigenvalue weighted by atomic mass is 10.1. The van der Waals surface area contributed by atoms with Crippen molar-refractivity contribution in [2.24, 2.45) is 0 Å². The Morgan fingerprint density at radius 3 is 3.18 bits per heavy atom. The Balaban J connectivity index is 2.21. The average Bonchev–Trinajstić information content (AvgIpc) is 2.43. The Labute approximate surface area is 64.4 Å². The van der Waals surface area contributed by atoms with Gasteiger partial charge in [0.15, 0.2) is 0 Å². The topological polar surface area (TPSA) is 44.8 Å². The Kier molecular flexibility index (Phi) is 1.40. The minimum absolute atomic E-state index is 0.181. The molecule has 0 spiro atoms. The Morgan fingerprint density at radius 1 is 1.73 bits per heavy atom. The van der Waals surface area contributed by atoms with Gasteiger partial charge in [0.25, 0.3) is 0 Å². The number of esters is 1. The highest BCUT2D eigenvalue weighted by Gasteiger charge is 2.54. The normalized spacial score (nSPS) is 42.3. The number of fused-ring (bicyclic) bond motifs is 1. The predicted octanol–water partition coefficient (Wildman–Crippen LogP) is 0.0649. The van der Waals surface area contributed by atoms with E-state index < -0.39 is 5.79 Å². The van der Waals surface area contributed by atoms with Gasteiger partial charge in [-0.15, -0.1) is 0 Å². The summed E-state index contributed by atoms with van der Waals surface area (Å²) in [5.74, 6) is -0.978. The van der Waals surface area contributed by atoms with E-state index in [1.54, 1.807) is 7.11 Å². The monoisotopic (exact) mass is 158 g/mol. The molecule has 0 saturated carbocycles. The zero-order valence-electron chi connectivity index (χ0n) is 6.33. The van der Waals surface area contributed by atoms with E-state index in [-0.39, 0.29) is 12.1 Å². The SMILES string of the molecule is COC12CCOC1CC(=O)O2. The number of methoxy groups -OCH3 is 1. The fourth-order valence-electron chi connectivity index (χ4n) is 1.62. The molecule has 0 amide bonds. The highest BCUT2D eigenvalue weighted by Crippen LogP contribution is 2.38. The quantitative estimate of drug-likeness (QED) is 0.506. The summed E-state index contributed by atoms with van der Waals surface area (Å²) in [5, 5.41) is 0. The zero-order valence-corrected chi connectivity index (χ0v) is 6.33. The Hall–Kier alpha value is -0.610. The molecule has 4 nitrogen and oxygen atoms in total. The summed E-state index contributed by atoms with van der Waals surface area (Å²) in [6.07, 6.45) is 0.799. The maximum Gasteiger partial charge on any atom is 0.311 e. The molecule has 2 rings (SSSR count). The molecule has 62 valence electrons. The third-order valence-electron chi connectivity index (χ3n) is 2.24. The fourth-order valence-corrected chi connectivity index (χ4v) is 1.62. The lowest BCUT2D eigenvalue weighted by molar-refractivity contribution is -0.208. The number of carbonyl (C=O) groups is 1. The Morgan fingerprint density at radius 2 is 2.55 bits per heavy atom. The van der Waals surface area contributed by atoms with Crippen molar-refractivity contribution >= 4 is 5.97 Å². The van der Waals surface area contributed by atoms with Crippen molar-refractivity contribution in [1.82, 2.24) is 0 Å². The van der Waals surface area contributed by atoms with Crippen LogP contribution in [0, 0.1) is 0 Å². The minimum atomic E-state index is -0.753. The summed E-state index contributed by atoms with van der Waals surface area (Å²) in [4.78, 5) is 10.8. The number of carbonyl (C=O) groups excluding carboxylic acids is 1. The van der Waals surface area contributed by atoms with Gasteiger partial charge in [0, 0.05) is 13.5 Å². The molecule has 0 aromatic carbocycles. The van der Waals surface area contributed by atoms with Gasteiger partial charge in [-0.25, -0.2) is 0 Å². The molecule has 2 aliphatic rings. The first-order valence-electron chi connectivity index (χ1n) is 3.65. The van der Waals surface area contributed by atoms with Crippen molar-refractivity contribution < 1.29 is 19.0 Å². The maximum absolute atomic E-state index is 10.8. The zero-order chi connectivity index (χ0) is 7.90. The van der Waals surface area contributed by atoms with Crippen LogP contribution in [0.15, 0.2) is 0 Å². The summed E-state index contributed by atoms with van der Waals surface area (Å²) >= 11 is 0. The highest BCUT2D eigenvalue weighted by molar-refractivity contribution is 5.73. The second-order valence-corrected chi connectivity index (χ2v) is 2.80. The van der Waals surface area contributed by atoms with Crippen molar-refractivity contribution in [3.63, 3.8) is 0 Å². The first-order valence-corrected chi connectivity index (χ1v) is 3.65. The summed E-state index contributed by atoms with van der Waals surface area (Å²) in [7, 11) is 1.54. The molecule has 11 heavy (non-hydrogen) atoms. The van der Waals surface area contributed by atoms with Gasteiger partial charge in [-0.05, 0) is 0 Å². The van der Waals surface area contributed by atoms with Gasteiger partial charge in [0.05, 0.1) is 13.0 Å². The van der Waals surface area contributed by atoms with E-state index in [1.807, 2.05) is 0 Å². The molecule has 0 radical (unpaired) electrons. The molecule has 0 aromatic rings. The van der Waals surface area contributed by atoms with Crippen molar-refractivity contribution in [1.29, 1.82) is 0 Å². The van der Waals surface area contributed by atoms with Crippen LogP contribution in [0.1, 0.15) is 12.8 Å². The van der Waals surface area contributed by atoms with Gasteiger partial charge < -0.3 is 14.2 Å². The van der Waals surface area contributed by atoms with Crippen LogP contribution in [0.5, 0.6) is 0 Å². The first kappa shape index (κ1) is 7.06.